The molecule has 0 N–H and O–H groups in total. The Morgan fingerprint density at radius 3 is 2.86 bits per heavy atom. The van der Waals surface area contributed by atoms with E-state index in [4.69, 9.17) is 8.53 Å². The van der Waals surface area contributed by atoms with Crippen LogP contribution in [0.5, 0.6) is 0 Å². The van der Waals surface area contributed by atoms with Gasteiger partial charge in [0.15, 0.2) is 11.8 Å². The minimum absolute atomic E-state index is 0.331. The SMILES string of the molecule is [2H]C([2H])([2H])c1ccc(-c2cc3c(cc2C)oc2cnccc23)[n+](C)c1. The summed E-state index contributed by atoms with van der Waals surface area (Å²) in [6.07, 6.45) is 5.14. The van der Waals surface area contributed by atoms with Crippen molar-refractivity contribution in [1.82, 2.24) is 4.98 Å². The lowest BCUT2D eigenvalue weighted by Gasteiger charge is -2.05. The molecule has 108 valence electrons. The van der Waals surface area contributed by atoms with Gasteiger partial charge in [-0.15, -0.1) is 0 Å². The Morgan fingerprint density at radius 1 is 1.14 bits per heavy atom. The van der Waals surface area contributed by atoms with Crippen LogP contribution in [0.25, 0.3) is 33.2 Å². The molecule has 0 atom stereocenters. The predicted octanol–water partition coefficient (Wildman–Crippen LogP) is 4.09. The first-order valence-corrected chi connectivity index (χ1v) is 7.12. The maximum Gasteiger partial charge on any atom is 0.212 e. The summed E-state index contributed by atoms with van der Waals surface area (Å²) in [6, 6.07) is 9.59. The van der Waals surface area contributed by atoms with Crippen LogP contribution in [0, 0.1) is 13.8 Å². The van der Waals surface area contributed by atoms with E-state index >= 15 is 0 Å². The first-order chi connectivity index (χ1) is 11.8. The van der Waals surface area contributed by atoms with E-state index in [0.29, 0.717) is 5.56 Å². The molecule has 0 fully saturated rings. The lowest BCUT2D eigenvalue weighted by molar-refractivity contribution is -0.660. The number of fused-ring (bicyclic) bond motifs is 3. The molecule has 0 saturated heterocycles. The molecule has 0 spiro atoms. The van der Waals surface area contributed by atoms with Crippen LogP contribution in [-0.4, -0.2) is 4.98 Å². The summed E-state index contributed by atoms with van der Waals surface area (Å²) in [5, 5.41) is 2.05. The molecule has 0 unspecified atom stereocenters. The minimum atomic E-state index is -2.11. The van der Waals surface area contributed by atoms with E-state index in [2.05, 4.69) is 11.1 Å². The fraction of sp³-hybridized carbons (Fsp3) is 0.158. The molecule has 3 heterocycles. The molecular formula is C19H17N2O+. The standard InChI is InChI=1S/C19H17N2O/c1-12-4-5-17(21(3)11-12)15-9-16-14-6-7-20-10-19(14)22-18(16)8-13(15)2/h4-11H,1-3H3/q+1/i1D3. The van der Waals surface area contributed by atoms with Crippen LogP contribution in [0.3, 0.4) is 0 Å². The number of furan rings is 1. The van der Waals surface area contributed by atoms with Gasteiger partial charge in [0.2, 0.25) is 5.69 Å². The predicted molar refractivity (Wildman–Crippen MR) is 87.6 cm³/mol. The van der Waals surface area contributed by atoms with Crippen molar-refractivity contribution < 1.29 is 13.1 Å². The lowest BCUT2D eigenvalue weighted by Crippen LogP contribution is -2.31. The Kier molecular flexibility index (Phi) is 2.15. The summed E-state index contributed by atoms with van der Waals surface area (Å²) >= 11 is 0. The Bertz CT molecular complexity index is 1110. The van der Waals surface area contributed by atoms with Gasteiger partial charge in [-0.1, -0.05) is 0 Å². The Balaban J connectivity index is 1.94. The van der Waals surface area contributed by atoms with Crippen LogP contribution < -0.4 is 4.57 Å². The molecular weight excluding hydrogens is 272 g/mol. The molecule has 0 saturated carbocycles. The maximum absolute atomic E-state index is 7.57. The van der Waals surface area contributed by atoms with Crippen LogP contribution in [0.1, 0.15) is 15.2 Å². The van der Waals surface area contributed by atoms with Gasteiger partial charge in [-0.3, -0.25) is 4.98 Å². The highest BCUT2D eigenvalue weighted by atomic mass is 16.3. The van der Waals surface area contributed by atoms with E-state index in [1.54, 1.807) is 24.7 Å². The Morgan fingerprint density at radius 2 is 2.05 bits per heavy atom. The smallest absolute Gasteiger partial charge is 0.212 e. The van der Waals surface area contributed by atoms with Gasteiger partial charge in [0.1, 0.15) is 12.6 Å². The molecule has 0 aliphatic heterocycles. The van der Waals surface area contributed by atoms with Gasteiger partial charge in [0.25, 0.3) is 0 Å². The van der Waals surface area contributed by atoms with Gasteiger partial charge in [0.05, 0.1) is 6.20 Å². The summed E-state index contributed by atoms with van der Waals surface area (Å²) in [7, 11) is 1.87. The summed E-state index contributed by atoms with van der Waals surface area (Å²) in [4.78, 5) is 4.11. The first kappa shape index (κ1) is 10.1. The fourth-order valence-corrected chi connectivity index (χ4v) is 2.94. The summed E-state index contributed by atoms with van der Waals surface area (Å²) < 4.78 is 30.4. The van der Waals surface area contributed by atoms with Crippen molar-refractivity contribution in [2.75, 3.05) is 0 Å². The molecule has 4 rings (SSSR count). The molecule has 1 aromatic carbocycles. The largest absolute Gasteiger partial charge is 0.454 e. The van der Waals surface area contributed by atoms with Gasteiger partial charge in [0, 0.05) is 38.3 Å². The summed E-state index contributed by atoms with van der Waals surface area (Å²) in [5.74, 6) is 0. The molecule has 3 heteroatoms. The van der Waals surface area contributed by atoms with E-state index in [1.165, 1.54) is 0 Å². The molecule has 0 bridgehead atoms. The highest BCUT2D eigenvalue weighted by Crippen LogP contribution is 2.33. The maximum atomic E-state index is 7.57. The van der Waals surface area contributed by atoms with Crippen molar-refractivity contribution in [3.63, 3.8) is 0 Å². The average Bonchev–Trinajstić information content (AvgIpc) is 2.90. The molecule has 0 aliphatic carbocycles. The van der Waals surface area contributed by atoms with Crippen molar-refractivity contribution in [2.45, 2.75) is 13.8 Å². The van der Waals surface area contributed by atoms with Crippen molar-refractivity contribution in [3.05, 3.63) is 60.0 Å². The lowest BCUT2D eigenvalue weighted by atomic mass is 10.0. The molecule has 4 aromatic rings. The second-order valence-electron chi connectivity index (χ2n) is 5.55. The third kappa shape index (κ3) is 1.90. The highest BCUT2D eigenvalue weighted by molar-refractivity contribution is 6.06. The van der Waals surface area contributed by atoms with Crippen LogP contribution in [0.15, 0.2) is 53.3 Å². The second-order valence-corrected chi connectivity index (χ2v) is 5.55. The number of aryl methyl sites for hydroxylation is 3. The van der Waals surface area contributed by atoms with Crippen LogP contribution in [-0.2, 0) is 7.05 Å². The fourth-order valence-electron chi connectivity index (χ4n) is 2.94. The van der Waals surface area contributed by atoms with Gasteiger partial charge < -0.3 is 4.42 Å². The minimum Gasteiger partial charge on any atom is -0.454 e. The quantitative estimate of drug-likeness (QED) is 0.495. The van der Waals surface area contributed by atoms with Crippen LogP contribution >= 0.6 is 0 Å². The number of aromatic nitrogens is 2. The van der Waals surface area contributed by atoms with Gasteiger partial charge >= 0.3 is 0 Å². The number of hydrogen-bond donors (Lipinski definition) is 0. The van der Waals surface area contributed by atoms with Gasteiger partial charge in [-0.05, 0) is 43.6 Å². The number of rotatable bonds is 1. The Hall–Kier alpha value is -2.68. The van der Waals surface area contributed by atoms with Crippen molar-refractivity contribution in [2.24, 2.45) is 7.05 Å². The Labute approximate surface area is 133 Å². The zero-order valence-corrected chi connectivity index (χ0v) is 12.4. The third-order valence-electron chi connectivity index (χ3n) is 4.03. The van der Waals surface area contributed by atoms with Crippen LogP contribution in [0.2, 0.25) is 0 Å². The average molecular weight is 292 g/mol. The van der Waals surface area contributed by atoms with E-state index in [0.717, 1.165) is 38.8 Å². The zero-order chi connectivity index (χ0) is 17.8. The topological polar surface area (TPSA) is 29.9 Å². The number of pyridine rings is 2. The van der Waals surface area contributed by atoms with Crippen molar-refractivity contribution >= 4 is 21.9 Å². The molecule has 0 aliphatic rings. The molecule has 0 radical (unpaired) electrons. The van der Waals surface area contributed by atoms with E-state index in [9.17, 15) is 0 Å². The molecule has 0 amide bonds. The number of hydrogen-bond acceptors (Lipinski definition) is 2. The molecule has 3 aromatic heterocycles. The van der Waals surface area contributed by atoms with E-state index < -0.39 is 6.85 Å². The monoisotopic (exact) mass is 292 g/mol. The molecule has 3 nitrogen and oxygen atoms in total. The second kappa shape index (κ2) is 4.67. The number of nitrogens with zero attached hydrogens (tertiary/aromatic N) is 2. The van der Waals surface area contributed by atoms with Crippen LogP contribution in [0.4, 0.5) is 0 Å². The normalized spacial score (nSPS) is 14.0. The molecule has 22 heavy (non-hydrogen) atoms. The first-order valence-electron chi connectivity index (χ1n) is 8.62. The zero-order valence-electron chi connectivity index (χ0n) is 15.4. The number of benzene rings is 1. The van der Waals surface area contributed by atoms with Crippen molar-refractivity contribution in [1.29, 1.82) is 0 Å². The third-order valence-corrected chi connectivity index (χ3v) is 4.03. The van der Waals surface area contributed by atoms with Crippen molar-refractivity contribution in [3.8, 4) is 11.3 Å². The summed E-state index contributed by atoms with van der Waals surface area (Å²) in [5.41, 5.74) is 4.98. The van der Waals surface area contributed by atoms with Gasteiger partial charge in [-0.2, -0.15) is 0 Å². The van der Waals surface area contributed by atoms with E-state index in [1.807, 2.05) is 36.7 Å². The van der Waals surface area contributed by atoms with E-state index in [-0.39, 0.29) is 0 Å². The highest BCUT2D eigenvalue weighted by Gasteiger charge is 2.16. The van der Waals surface area contributed by atoms with Gasteiger partial charge in [-0.25, -0.2) is 4.57 Å². The summed E-state index contributed by atoms with van der Waals surface area (Å²) in [6.45, 7) is -0.0824.